The lowest BCUT2D eigenvalue weighted by Gasteiger charge is -2.25. The van der Waals surface area contributed by atoms with Gasteiger partial charge in [-0.15, -0.1) is 0 Å². The molecule has 0 aliphatic heterocycles. The summed E-state index contributed by atoms with van der Waals surface area (Å²) in [5, 5.41) is 7.14. The largest absolute Gasteiger partial charge is 0.358 e. The molecule has 4 aliphatic carbocycles. The van der Waals surface area contributed by atoms with Crippen LogP contribution in [0.5, 0.6) is 0 Å². The van der Waals surface area contributed by atoms with Crippen LogP contribution in [0.3, 0.4) is 0 Å². The molecule has 10 heteroatoms. The first-order valence-electron chi connectivity index (χ1n) is 10.2. The van der Waals surface area contributed by atoms with Crippen LogP contribution in [0.2, 0.25) is 0 Å². The molecule has 8 nitrogen and oxygen atoms in total. The van der Waals surface area contributed by atoms with Gasteiger partial charge in [0.05, 0.1) is 0 Å². The maximum absolute atomic E-state index is 11.9. The number of nitrogens with one attached hydrogen (secondary N) is 6. The Kier molecular flexibility index (Phi) is 5.86. The minimum atomic E-state index is -0.840. The van der Waals surface area contributed by atoms with Crippen molar-refractivity contribution in [1.29, 1.82) is 0 Å². The van der Waals surface area contributed by atoms with Crippen LogP contribution in [0.1, 0.15) is 51.4 Å². The lowest BCUT2D eigenvalue weighted by atomic mass is 9.96. The van der Waals surface area contributed by atoms with Gasteiger partial charge in [0, 0.05) is 12.1 Å². The predicted molar refractivity (Wildman–Crippen MR) is 112 cm³/mol. The smallest absolute Gasteiger partial charge is 0.329 e. The zero-order chi connectivity index (χ0) is 19.7. The summed E-state index contributed by atoms with van der Waals surface area (Å²) >= 11 is 10.4. The molecule has 4 bridgehead atoms. The summed E-state index contributed by atoms with van der Waals surface area (Å²) in [5.74, 6) is 1.25. The van der Waals surface area contributed by atoms with Crippen LogP contribution >= 0.6 is 24.4 Å². The highest BCUT2D eigenvalue weighted by Crippen LogP contribution is 2.45. The Balaban J connectivity index is 1.10. The van der Waals surface area contributed by atoms with Gasteiger partial charge in [0.25, 0.3) is 0 Å². The zero-order valence-corrected chi connectivity index (χ0v) is 17.4. The summed E-state index contributed by atoms with van der Waals surface area (Å²) in [6.45, 7) is 0. The average Bonchev–Trinajstić information content (AvgIpc) is 3.45. The van der Waals surface area contributed by atoms with E-state index >= 15 is 0 Å². The van der Waals surface area contributed by atoms with Crippen LogP contribution < -0.4 is 32.3 Å². The van der Waals surface area contributed by atoms with Gasteiger partial charge in [0.15, 0.2) is 10.2 Å². The number of carbonyl (C=O) groups excluding carboxylic acids is 2. The molecule has 0 aromatic carbocycles. The molecule has 0 aromatic heterocycles. The van der Waals surface area contributed by atoms with E-state index in [0.717, 1.165) is 24.7 Å². The number of amides is 2. The van der Waals surface area contributed by atoms with Crippen molar-refractivity contribution < 1.29 is 9.59 Å². The van der Waals surface area contributed by atoms with E-state index in [1.54, 1.807) is 0 Å². The van der Waals surface area contributed by atoms with E-state index < -0.39 is 11.8 Å². The van der Waals surface area contributed by atoms with E-state index in [-0.39, 0.29) is 0 Å². The topological polar surface area (TPSA) is 106 Å². The van der Waals surface area contributed by atoms with Crippen molar-refractivity contribution in [1.82, 2.24) is 32.3 Å². The SMILES string of the molecule is O=C(NNC(=S)N[C@H]1C[C@@H]2CC[C@H]1C2)C(=O)NNC(=S)N[C@@H]1C[C@@H]2CC[C@@H]1C2. The molecule has 0 unspecified atom stereocenters. The van der Waals surface area contributed by atoms with Gasteiger partial charge in [-0.3, -0.25) is 31.3 Å². The number of hydrogen-bond acceptors (Lipinski definition) is 4. The van der Waals surface area contributed by atoms with Gasteiger partial charge >= 0.3 is 11.8 Å². The van der Waals surface area contributed by atoms with E-state index in [4.69, 9.17) is 24.4 Å². The number of hydrogen-bond donors (Lipinski definition) is 6. The second-order valence-corrected chi connectivity index (χ2v) is 9.48. The van der Waals surface area contributed by atoms with Gasteiger partial charge in [0.1, 0.15) is 0 Å². The number of hydrazine groups is 2. The minimum absolute atomic E-state index is 0.333. The molecular formula is C18H28N6O2S2. The molecule has 6 N–H and O–H groups in total. The molecule has 0 saturated heterocycles. The summed E-state index contributed by atoms with van der Waals surface area (Å²) < 4.78 is 0. The standard InChI is InChI=1S/C18H28N6O2S2/c25-15(21-23-17(27)19-13-7-9-1-3-11(13)5-9)16(26)22-24-18(28)20-14-8-10-2-4-12(14)6-10/h9-14H,1-8H2,(H,21,25)(H,22,26)(H2,19,23,27)(H2,20,24,28)/t9-,10-,11-,12+,13-,14+/m1/s1. The molecule has 6 atom stereocenters. The van der Waals surface area contributed by atoms with Gasteiger partial charge in [-0.1, -0.05) is 12.8 Å². The highest BCUT2D eigenvalue weighted by Gasteiger charge is 2.40. The molecule has 0 radical (unpaired) electrons. The van der Waals surface area contributed by atoms with E-state index in [2.05, 4.69) is 32.3 Å². The lowest BCUT2D eigenvalue weighted by molar-refractivity contribution is -0.139. The van der Waals surface area contributed by atoms with Crippen LogP contribution in [0.4, 0.5) is 0 Å². The van der Waals surface area contributed by atoms with Gasteiger partial charge in [-0.05, 0) is 86.6 Å². The fourth-order valence-electron chi connectivity index (χ4n) is 5.59. The molecule has 4 saturated carbocycles. The fourth-order valence-corrected chi connectivity index (χ4v) is 6.00. The molecule has 4 fully saturated rings. The third-order valence-corrected chi connectivity index (χ3v) is 7.33. The minimum Gasteiger partial charge on any atom is -0.358 e. The molecule has 28 heavy (non-hydrogen) atoms. The number of carbonyl (C=O) groups is 2. The second kappa shape index (κ2) is 8.36. The molecule has 4 rings (SSSR count). The number of rotatable bonds is 2. The Morgan fingerprint density at radius 2 is 1.04 bits per heavy atom. The maximum atomic E-state index is 11.9. The van der Waals surface area contributed by atoms with Crippen LogP contribution in [0, 0.1) is 23.7 Å². The summed E-state index contributed by atoms with van der Waals surface area (Å²) in [7, 11) is 0. The van der Waals surface area contributed by atoms with Gasteiger partial charge in [-0.25, -0.2) is 0 Å². The Bertz CT molecular complexity index is 618. The van der Waals surface area contributed by atoms with Gasteiger partial charge < -0.3 is 10.6 Å². The van der Waals surface area contributed by atoms with E-state index in [0.29, 0.717) is 34.1 Å². The third-order valence-electron chi connectivity index (χ3n) is 6.89. The quantitative estimate of drug-likeness (QED) is 0.214. The van der Waals surface area contributed by atoms with Crippen molar-refractivity contribution in [3.8, 4) is 0 Å². The highest BCUT2D eigenvalue weighted by molar-refractivity contribution is 7.80. The Morgan fingerprint density at radius 1 is 0.607 bits per heavy atom. The lowest BCUT2D eigenvalue weighted by Crippen LogP contribution is -2.57. The first kappa shape index (κ1) is 19.6. The van der Waals surface area contributed by atoms with E-state index in [9.17, 15) is 9.59 Å². The van der Waals surface area contributed by atoms with E-state index in [1.807, 2.05) is 0 Å². The first-order chi connectivity index (χ1) is 13.5. The van der Waals surface area contributed by atoms with Crippen LogP contribution in [0.15, 0.2) is 0 Å². The predicted octanol–water partition coefficient (Wildman–Crippen LogP) is 0.354. The number of thiocarbonyl (C=S) groups is 2. The van der Waals surface area contributed by atoms with Crippen molar-refractivity contribution in [3.05, 3.63) is 0 Å². The van der Waals surface area contributed by atoms with Crippen LogP contribution in [0.25, 0.3) is 0 Å². The van der Waals surface area contributed by atoms with Gasteiger partial charge in [-0.2, -0.15) is 0 Å². The molecule has 4 aliphatic rings. The Morgan fingerprint density at radius 3 is 1.36 bits per heavy atom. The molecule has 0 spiro atoms. The fraction of sp³-hybridized carbons (Fsp3) is 0.778. The highest BCUT2D eigenvalue weighted by atomic mass is 32.1. The molecule has 0 aromatic rings. The molecule has 0 heterocycles. The first-order valence-corrected chi connectivity index (χ1v) is 11.0. The Labute approximate surface area is 175 Å². The normalized spacial score (nSPS) is 34.6. The average molecular weight is 425 g/mol. The summed E-state index contributed by atoms with van der Waals surface area (Å²) in [4.78, 5) is 23.8. The zero-order valence-electron chi connectivity index (χ0n) is 15.8. The molecule has 2 amide bonds. The Hall–Kier alpha value is -1.68. The summed E-state index contributed by atoms with van der Waals surface area (Å²) in [6.07, 6.45) is 9.87. The van der Waals surface area contributed by atoms with Crippen molar-refractivity contribution in [2.45, 2.75) is 63.5 Å². The second-order valence-electron chi connectivity index (χ2n) is 8.67. The summed E-state index contributed by atoms with van der Waals surface area (Å²) in [5.41, 5.74) is 9.82. The van der Waals surface area contributed by atoms with Crippen molar-refractivity contribution in [3.63, 3.8) is 0 Å². The third kappa shape index (κ3) is 4.48. The van der Waals surface area contributed by atoms with Crippen LogP contribution in [-0.4, -0.2) is 34.1 Å². The monoisotopic (exact) mass is 424 g/mol. The van der Waals surface area contributed by atoms with E-state index in [1.165, 1.54) is 38.5 Å². The molecular weight excluding hydrogens is 396 g/mol. The number of fused-ring (bicyclic) bond motifs is 4. The van der Waals surface area contributed by atoms with Crippen molar-refractivity contribution in [2.75, 3.05) is 0 Å². The maximum Gasteiger partial charge on any atom is 0.329 e. The van der Waals surface area contributed by atoms with Gasteiger partial charge in [0.2, 0.25) is 0 Å². The molecule has 154 valence electrons. The summed E-state index contributed by atoms with van der Waals surface area (Å²) in [6, 6.07) is 0.723. The van der Waals surface area contributed by atoms with Crippen molar-refractivity contribution in [2.24, 2.45) is 23.7 Å². The van der Waals surface area contributed by atoms with Crippen LogP contribution in [-0.2, 0) is 9.59 Å². The van der Waals surface area contributed by atoms with Crippen molar-refractivity contribution >= 4 is 46.5 Å².